The number of anilines is 18. The number of benzene rings is 15. The maximum absolute atomic E-state index is 2.74. The van der Waals surface area contributed by atoms with Crippen molar-refractivity contribution in [3.8, 4) is 0 Å². The zero-order chi connectivity index (χ0) is 65.0. The Balaban J connectivity index is 0.913. The zero-order valence-electron chi connectivity index (χ0n) is 54.2. The lowest BCUT2D eigenvalue weighted by molar-refractivity contribution is 1.25. The molecule has 0 N–H and O–H groups in total. The molecule has 0 spiro atoms. The second-order valence-corrected chi connectivity index (χ2v) is 27.3. The summed E-state index contributed by atoms with van der Waals surface area (Å²) < 4.78 is 2.74. The van der Waals surface area contributed by atoms with Crippen LogP contribution in [0.1, 0.15) is 0 Å². The minimum absolute atomic E-state index is 0.0986. The summed E-state index contributed by atoms with van der Waals surface area (Å²) in [6.07, 6.45) is 0. The monoisotopic (exact) mass is 1270 g/mol. The fourth-order valence-electron chi connectivity index (χ4n) is 19.0. The fraction of sp³-hybridized carbons (Fsp3) is 0. The second-order valence-electron chi connectivity index (χ2n) is 27.3. The molecule has 0 amide bonds. The number of nitrogens with zero attached hydrogens (tertiary/aromatic N) is 7. The Kier molecular flexibility index (Phi) is 11.0. The topological polar surface area (TPSA) is 23.9 Å². The molecular weight excluding hydrogens is 1210 g/mol. The van der Waals surface area contributed by atoms with Crippen molar-refractivity contribution >= 4 is 210 Å². The van der Waals surface area contributed by atoms with E-state index in [2.05, 4.69) is 374 Å². The highest BCUT2D eigenvalue weighted by molar-refractivity contribution is 7.02. The van der Waals surface area contributed by atoms with Crippen LogP contribution in [0.15, 0.2) is 340 Å². The van der Waals surface area contributed by atoms with Crippen molar-refractivity contribution in [1.82, 2.24) is 4.40 Å². The summed E-state index contributed by atoms with van der Waals surface area (Å²) in [5.74, 6) is 0. The van der Waals surface area contributed by atoms with Gasteiger partial charge in [0.2, 0.25) is 0 Å². The lowest BCUT2D eigenvalue weighted by Gasteiger charge is -2.45. The van der Waals surface area contributed by atoms with Crippen molar-refractivity contribution in [3.05, 3.63) is 340 Å². The lowest BCUT2D eigenvalue weighted by atomic mass is 9.33. The molecule has 0 bridgehead atoms. The molecule has 0 radical (unpaired) electrons. The molecule has 0 unspecified atom stereocenters. The van der Waals surface area contributed by atoms with Crippen LogP contribution in [0.25, 0.3) is 38.1 Å². The van der Waals surface area contributed by atoms with Crippen molar-refractivity contribution < 1.29 is 0 Å². The predicted octanol–water partition coefficient (Wildman–Crippen LogP) is 17.1. The first-order chi connectivity index (χ1) is 49.7. The largest absolute Gasteiger partial charge is 0.311 e. The average Bonchev–Trinajstić information content (AvgIpc) is 1.44. The first-order valence-electron chi connectivity index (χ1n) is 34.9. The molecule has 23 rings (SSSR count). The van der Waals surface area contributed by atoms with Gasteiger partial charge in [-0.2, -0.15) is 0 Å². The number of para-hydroxylation sites is 9. The second kappa shape index (κ2) is 20.3. The summed E-state index contributed by atoms with van der Waals surface area (Å²) in [5.41, 5.74) is 36.1. The minimum atomic E-state index is -0.155. The van der Waals surface area contributed by atoms with E-state index in [0.29, 0.717) is 0 Å². The highest BCUT2D eigenvalue weighted by Gasteiger charge is 2.50. The third kappa shape index (κ3) is 7.05. The van der Waals surface area contributed by atoms with Crippen LogP contribution in [-0.4, -0.2) is 24.5 Å². The van der Waals surface area contributed by atoms with E-state index in [-0.39, 0.29) is 20.1 Å². The third-order valence-corrected chi connectivity index (χ3v) is 22.5. The molecule has 6 aliphatic rings. The van der Waals surface area contributed by atoms with Crippen molar-refractivity contribution in [1.29, 1.82) is 0 Å². The molecule has 2 aromatic heterocycles. The fourth-order valence-corrected chi connectivity index (χ4v) is 19.0. The number of hydrogen-bond acceptors (Lipinski definition) is 6. The van der Waals surface area contributed by atoms with E-state index in [1.54, 1.807) is 0 Å². The smallest absolute Gasteiger partial charge is 0.252 e. The van der Waals surface area contributed by atoms with Crippen LogP contribution in [0.3, 0.4) is 0 Å². The van der Waals surface area contributed by atoms with Gasteiger partial charge in [-0.25, -0.2) is 0 Å². The summed E-state index contributed by atoms with van der Waals surface area (Å²) in [4.78, 5) is 15.4. The van der Waals surface area contributed by atoms with Crippen LogP contribution in [0.2, 0.25) is 0 Å². The standard InChI is InChI=1S/C90H56B3N7/c1-7-28-57(29-8-1)94-71-43-22-19-40-65(71)91-68-54-55-74-81(88(68)97(60-34-13-4-14-35-60)78-49-25-46-75(94)83(78)91)64-56-70-89(98(61-36-15-5-16-37-61)79-50-26-48-77-85(79)93(70)67-42-21-24-45-73(67)96(77)59-32-11-3-12-33-59)82-63-52-53-69-90(87(63)100(74)86(64)82)99(62-38-17-6-18-39-62)80-51-27-47-76-84(80)92(69)66-41-20-23-44-72(66)95(76)58-30-9-2-10-31-58/h1-56H. The van der Waals surface area contributed by atoms with Crippen LogP contribution >= 0.6 is 0 Å². The Hall–Kier alpha value is -12.9. The van der Waals surface area contributed by atoms with Crippen molar-refractivity contribution in [2.24, 2.45) is 0 Å². The molecule has 0 saturated carbocycles. The molecule has 460 valence electrons. The molecule has 0 aliphatic carbocycles. The molecule has 0 atom stereocenters. The number of rotatable bonds is 6. The molecule has 0 saturated heterocycles. The minimum Gasteiger partial charge on any atom is -0.311 e. The zero-order valence-corrected chi connectivity index (χ0v) is 54.2. The van der Waals surface area contributed by atoms with Crippen molar-refractivity contribution in [2.45, 2.75) is 0 Å². The van der Waals surface area contributed by atoms with E-state index in [0.717, 1.165) is 39.6 Å². The van der Waals surface area contributed by atoms with Gasteiger partial charge in [-0.3, -0.25) is 0 Å². The molecule has 7 nitrogen and oxygen atoms in total. The third-order valence-electron chi connectivity index (χ3n) is 22.5. The summed E-state index contributed by atoms with van der Waals surface area (Å²) in [6.45, 7) is -0.361. The number of fused-ring (bicyclic) bond motifs is 21. The van der Waals surface area contributed by atoms with Gasteiger partial charge in [-0.15, -0.1) is 0 Å². The summed E-state index contributed by atoms with van der Waals surface area (Å²) in [5, 5.41) is 4.90. The van der Waals surface area contributed by atoms with Crippen LogP contribution < -0.4 is 78.6 Å². The van der Waals surface area contributed by atoms with Crippen LogP contribution in [-0.2, 0) is 0 Å². The maximum Gasteiger partial charge on any atom is 0.252 e. The summed E-state index contributed by atoms with van der Waals surface area (Å²) in [6, 6.07) is 128. The lowest BCUT2D eigenvalue weighted by Crippen LogP contribution is -2.61. The van der Waals surface area contributed by atoms with Crippen molar-refractivity contribution in [2.75, 3.05) is 29.4 Å². The van der Waals surface area contributed by atoms with Gasteiger partial charge < -0.3 is 33.8 Å². The Morgan fingerprint density at radius 3 is 0.890 bits per heavy atom. The normalized spacial score (nSPS) is 14.0. The highest BCUT2D eigenvalue weighted by atomic mass is 15.2. The quantitative estimate of drug-likeness (QED) is 0.154. The first kappa shape index (κ1) is 54.2. The maximum atomic E-state index is 2.74. The van der Waals surface area contributed by atoms with E-state index >= 15 is 0 Å². The van der Waals surface area contributed by atoms with Gasteiger partial charge in [0, 0.05) is 107 Å². The molecule has 0 fully saturated rings. The molecular formula is C90H56B3N7. The van der Waals surface area contributed by atoms with E-state index in [1.807, 2.05) is 0 Å². The summed E-state index contributed by atoms with van der Waals surface area (Å²) in [7, 11) is 0. The Labute approximate surface area is 579 Å². The van der Waals surface area contributed by atoms with Gasteiger partial charge in [-0.1, -0.05) is 206 Å². The SMILES string of the molecule is c1ccc(N2c3ccccc3B3c4ccc5c(c4N(c4ccccc4)c4cccc2c43)c2cc3c(c4c6ccc7c(c6n5c24)N(c2ccccc2)c2cccc4c2B7c2ccccc2N4c2ccccc2)N(c2ccccc2)c2cccc4c2B3c2ccccc2N4c2ccccc2)cc1. The van der Waals surface area contributed by atoms with Crippen LogP contribution in [0.4, 0.5) is 102 Å². The van der Waals surface area contributed by atoms with Crippen LogP contribution in [0, 0.1) is 0 Å². The predicted molar refractivity (Wildman–Crippen MR) is 423 cm³/mol. The Morgan fingerprint density at radius 1 is 0.190 bits per heavy atom. The van der Waals surface area contributed by atoms with Crippen LogP contribution in [0.5, 0.6) is 0 Å². The molecule has 6 aliphatic heterocycles. The summed E-state index contributed by atoms with van der Waals surface area (Å²) >= 11 is 0. The van der Waals surface area contributed by atoms with Gasteiger partial charge >= 0.3 is 0 Å². The molecule has 15 aromatic carbocycles. The van der Waals surface area contributed by atoms with Gasteiger partial charge in [0.1, 0.15) is 0 Å². The van der Waals surface area contributed by atoms with Gasteiger partial charge in [0.25, 0.3) is 20.1 Å². The van der Waals surface area contributed by atoms with Gasteiger partial charge in [0.15, 0.2) is 0 Å². The van der Waals surface area contributed by atoms with E-state index in [9.17, 15) is 0 Å². The first-order valence-corrected chi connectivity index (χ1v) is 34.9. The van der Waals surface area contributed by atoms with Crippen molar-refractivity contribution in [3.63, 3.8) is 0 Å². The Morgan fingerprint density at radius 2 is 0.490 bits per heavy atom. The molecule has 100 heavy (non-hydrogen) atoms. The highest BCUT2D eigenvalue weighted by Crippen LogP contribution is 2.56. The molecule has 8 heterocycles. The van der Waals surface area contributed by atoms with E-state index < -0.39 is 0 Å². The van der Waals surface area contributed by atoms with Gasteiger partial charge in [-0.05, 0) is 183 Å². The van der Waals surface area contributed by atoms with E-state index in [4.69, 9.17) is 0 Å². The number of aromatic nitrogens is 1. The molecule has 10 heteroatoms. The van der Waals surface area contributed by atoms with Gasteiger partial charge in [0.05, 0.1) is 33.6 Å². The van der Waals surface area contributed by atoms with E-state index in [1.165, 1.54) is 150 Å². The number of hydrogen-bond donors (Lipinski definition) is 0. The molecule has 17 aromatic rings. The Bertz CT molecular complexity index is 6290. The average molecular weight is 1270 g/mol.